The van der Waals surface area contributed by atoms with Crippen molar-refractivity contribution in [2.24, 2.45) is 0 Å². The van der Waals surface area contributed by atoms with Gasteiger partial charge in [0.15, 0.2) is 5.13 Å². The van der Waals surface area contributed by atoms with Crippen LogP contribution in [0.25, 0.3) is 11.3 Å². The zero-order valence-electron chi connectivity index (χ0n) is 18.0. The summed E-state index contributed by atoms with van der Waals surface area (Å²) >= 11 is 1.30. The van der Waals surface area contributed by atoms with Crippen molar-refractivity contribution in [3.05, 3.63) is 65.0 Å². The van der Waals surface area contributed by atoms with Crippen molar-refractivity contribution in [2.75, 3.05) is 19.0 Å². The lowest BCUT2D eigenvalue weighted by atomic mass is 10.1. The lowest BCUT2D eigenvalue weighted by Gasteiger charge is -2.13. The maximum absolute atomic E-state index is 12.2. The molecule has 1 atom stereocenters. The van der Waals surface area contributed by atoms with Crippen LogP contribution in [-0.2, 0) is 9.59 Å². The van der Waals surface area contributed by atoms with Crippen LogP contribution in [0.15, 0.2) is 53.9 Å². The first-order valence-corrected chi connectivity index (χ1v) is 10.8. The molecule has 0 aliphatic carbocycles. The molecule has 32 heavy (non-hydrogen) atoms. The standard InChI is InChI=1S/C23H24N4O4S/c1-14(25-15(2)28)16-4-6-17(7-5-16)20-13-32-23(26-20)27-21(29)12-24-22(30)18-8-10-19(31-3)11-9-18/h4-11,13-14H,12H2,1-3H3,(H,24,30)(H,25,28)(H,26,27,29). The lowest BCUT2D eigenvalue weighted by Crippen LogP contribution is -2.32. The summed E-state index contributed by atoms with van der Waals surface area (Å²) in [5.41, 5.74) is 3.05. The van der Waals surface area contributed by atoms with Gasteiger partial charge in [0.2, 0.25) is 11.8 Å². The van der Waals surface area contributed by atoms with Crippen molar-refractivity contribution in [2.45, 2.75) is 19.9 Å². The van der Waals surface area contributed by atoms with Crippen molar-refractivity contribution in [1.82, 2.24) is 15.6 Å². The van der Waals surface area contributed by atoms with Crippen LogP contribution >= 0.6 is 11.3 Å². The molecule has 0 fully saturated rings. The second-order valence-electron chi connectivity index (χ2n) is 7.04. The Morgan fingerprint density at radius 2 is 1.75 bits per heavy atom. The molecule has 1 unspecified atom stereocenters. The third-order valence-electron chi connectivity index (χ3n) is 4.64. The van der Waals surface area contributed by atoms with Crippen molar-refractivity contribution < 1.29 is 19.1 Å². The highest BCUT2D eigenvalue weighted by Gasteiger charge is 2.12. The second-order valence-corrected chi connectivity index (χ2v) is 7.90. The van der Waals surface area contributed by atoms with E-state index in [1.165, 1.54) is 18.3 Å². The highest BCUT2D eigenvalue weighted by Crippen LogP contribution is 2.26. The molecule has 3 N–H and O–H groups in total. The van der Waals surface area contributed by atoms with Crippen LogP contribution in [-0.4, -0.2) is 36.4 Å². The monoisotopic (exact) mass is 452 g/mol. The predicted octanol–water partition coefficient (Wildman–Crippen LogP) is 3.38. The van der Waals surface area contributed by atoms with Crippen LogP contribution < -0.4 is 20.7 Å². The Hall–Kier alpha value is -3.72. The zero-order valence-corrected chi connectivity index (χ0v) is 18.8. The van der Waals surface area contributed by atoms with E-state index in [-0.39, 0.29) is 30.3 Å². The maximum atomic E-state index is 12.2. The van der Waals surface area contributed by atoms with Gasteiger partial charge in [0, 0.05) is 23.4 Å². The fourth-order valence-corrected chi connectivity index (χ4v) is 3.70. The zero-order chi connectivity index (χ0) is 23.1. The number of nitrogens with zero attached hydrogens (tertiary/aromatic N) is 1. The first-order chi connectivity index (χ1) is 15.4. The van der Waals surface area contributed by atoms with Crippen molar-refractivity contribution in [1.29, 1.82) is 0 Å². The van der Waals surface area contributed by atoms with Gasteiger partial charge in [-0.15, -0.1) is 11.3 Å². The van der Waals surface area contributed by atoms with Crippen LogP contribution in [0.5, 0.6) is 5.75 Å². The van der Waals surface area contributed by atoms with E-state index in [4.69, 9.17) is 4.74 Å². The number of hydrogen-bond donors (Lipinski definition) is 3. The van der Waals surface area contributed by atoms with Crippen LogP contribution in [0.2, 0.25) is 0 Å². The van der Waals surface area contributed by atoms with Crippen molar-refractivity contribution >= 4 is 34.2 Å². The first kappa shape index (κ1) is 23.0. The van der Waals surface area contributed by atoms with Gasteiger partial charge in [-0.25, -0.2) is 4.98 Å². The molecule has 1 aromatic heterocycles. The molecule has 0 aliphatic heterocycles. The van der Waals surface area contributed by atoms with Crippen LogP contribution in [0.4, 0.5) is 5.13 Å². The number of thiazole rings is 1. The summed E-state index contributed by atoms with van der Waals surface area (Å²) in [5, 5.41) is 10.4. The minimum absolute atomic E-state index is 0.0818. The van der Waals surface area contributed by atoms with Gasteiger partial charge in [-0.05, 0) is 36.8 Å². The number of hydrogen-bond acceptors (Lipinski definition) is 6. The molecule has 166 valence electrons. The number of aromatic nitrogens is 1. The number of rotatable bonds is 8. The average Bonchev–Trinajstić information content (AvgIpc) is 3.25. The van der Waals surface area contributed by atoms with E-state index in [1.807, 2.05) is 36.6 Å². The number of anilines is 1. The third-order valence-corrected chi connectivity index (χ3v) is 5.40. The lowest BCUT2D eigenvalue weighted by molar-refractivity contribution is -0.119. The Morgan fingerprint density at radius 1 is 1.06 bits per heavy atom. The molecule has 0 saturated carbocycles. The van der Waals surface area contributed by atoms with Crippen LogP contribution in [0, 0.1) is 0 Å². The van der Waals surface area contributed by atoms with Gasteiger partial charge in [-0.2, -0.15) is 0 Å². The summed E-state index contributed by atoms with van der Waals surface area (Å²) in [6.45, 7) is 3.23. The normalized spacial score (nSPS) is 11.3. The molecule has 0 radical (unpaired) electrons. The van der Waals surface area contributed by atoms with E-state index < -0.39 is 0 Å². The van der Waals surface area contributed by atoms with Gasteiger partial charge in [0.05, 0.1) is 25.4 Å². The molecular formula is C23H24N4O4S. The molecule has 0 saturated heterocycles. The second kappa shape index (κ2) is 10.5. The highest BCUT2D eigenvalue weighted by molar-refractivity contribution is 7.14. The average molecular weight is 453 g/mol. The molecule has 3 aromatic rings. The van der Waals surface area contributed by atoms with E-state index in [2.05, 4.69) is 20.9 Å². The predicted molar refractivity (Wildman–Crippen MR) is 124 cm³/mol. The topological polar surface area (TPSA) is 109 Å². The number of carbonyl (C=O) groups excluding carboxylic acids is 3. The van der Waals surface area contributed by atoms with Gasteiger partial charge in [0.25, 0.3) is 5.91 Å². The van der Waals surface area contributed by atoms with E-state index in [1.54, 1.807) is 31.4 Å². The summed E-state index contributed by atoms with van der Waals surface area (Å²) < 4.78 is 5.06. The van der Waals surface area contributed by atoms with Crippen LogP contribution in [0.1, 0.15) is 35.8 Å². The maximum Gasteiger partial charge on any atom is 0.251 e. The van der Waals surface area contributed by atoms with Crippen molar-refractivity contribution in [3.8, 4) is 17.0 Å². The molecule has 1 heterocycles. The van der Waals surface area contributed by atoms with Gasteiger partial charge >= 0.3 is 0 Å². The summed E-state index contributed by atoms with van der Waals surface area (Å²) in [4.78, 5) is 40.0. The smallest absolute Gasteiger partial charge is 0.251 e. The highest BCUT2D eigenvalue weighted by atomic mass is 32.1. The molecule has 0 spiro atoms. The molecule has 0 aliphatic rings. The quantitative estimate of drug-likeness (QED) is 0.485. The van der Waals surface area contributed by atoms with E-state index in [0.717, 1.165) is 16.8 Å². The molecule has 2 aromatic carbocycles. The fraction of sp³-hybridized carbons (Fsp3) is 0.217. The molecule has 8 nitrogen and oxygen atoms in total. The van der Waals surface area contributed by atoms with E-state index in [0.29, 0.717) is 16.4 Å². The number of nitrogens with one attached hydrogen (secondary N) is 3. The minimum atomic E-state index is -0.368. The van der Waals surface area contributed by atoms with Gasteiger partial charge < -0.3 is 20.7 Å². The van der Waals surface area contributed by atoms with E-state index in [9.17, 15) is 14.4 Å². The number of ether oxygens (including phenoxy) is 1. The Kier molecular flexibility index (Phi) is 7.56. The molecular weight excluding hydrogens is 428 g/mol. The number of carbonyl (C=O) groups is 3. The molecule has 3 rings (SSSR count). The fourth-order valence-electron chi connectivity index (χ4n) is 2.96. The Bertz CT molecular complexity index is 1090. The summed E-state index contributed by atoms with van der Waals surface area (Å²) in [6.07, 6.45) is 0. The minimum Gasteiger partial charge on any atom is -0.497 e. The first-order valence-electron chi connectivity index (χ1n) is 9.91. The molecule has 9 heteroatoms. The Morgan fingerprint density at radius 3 is 2.38 bits per heavy atom. The van der Waals surface area contributed by atoms with Gasteiger partial charge in [0.1, 0.15) is 5.75 Å². The Balaban J connectivity index is 1.53. The summed E-state index contributed by atoms with van der Waals surface area (Å²) in [6, 6.07) is 14.2. The number of amides is 3. The number of methoxy groups -OCH3 is 1. The summed E-state index contributed by atoms with van der Waals surface area (Å²) in [5.74, 6) is -0.152. The van der Waals surface area contributed by atoms with Crippen molar-refractivity contribution in [3.63, 3.8) is 0 Å². The van der Waals surface area contributed by atoms with E-state index >= 15 is 0 Å². The molecule has 3 amide bonds. The summed E-state index contributed by atoms with van der Waals surface area (Å²) in [7, 11) is 1.55. The van der Waals surface area contributed by atoms with Gasteiger partial charge in [-0.1, -0.05) is 24.3 Å². The molecule has 0 bridgehead atoms. The largest absolute Gasteiger partial charge is 0.497 e. The van der Waals surface area contributed by atoms with Gasteiger partial charge in [-0.3, -0.25) is 14.4 Å². The number of benzene rings is 2. The Labute approximate surface area is 190 Å². The van der Waals surface area contributed by atoms with Crippen LogP contribution in [0.3, 0.4) is 0 Å². The third kappa shape index (κ3) is 6.14. The SMILES string of the molecule is COc1ccc(C(=O)NCC(=O)Nc2nc(-c3ccc(C(C)NC(C)=O)cc3)cs2)cc1.